The first-order valence-corrected chi connectivity index (χ1v) is 9.35. The molecule has 0 saturated carbocycles. The molecule has 0 unspecified atom stereocenters. The van der Waals surface area contributed by atoms with Gasteiger partial charge in [0, 0.05) is 6.42 Å². The van der Waals surface area contributed by atoms with Gasteiger partial charge in [0.05, 0.1) is 0 Å². The highest BCUT2D eigenvalue weighted by molar-refractivity contribution is 5.48. The number of allylic oxidation sites excluding steroid dienone is 1. The van der Waals surface area contributed by atoms with Crippen molar-refractivity contribution in [1.29, 1.82) is 0 Å². The molecule has 0 radical (unpaired) electrons. The summed E-state index contributed by atoms with van der Waals surface area (Å²) >= 11 is 0. The largest absolute Gasteiger partial charge is 0.303 e. The third kappa shape index (κ3) is 19.4. The van der Waals surface area contributed by atoms with Gasteiger partial charge in [-0.2, -0.15) is 0 Å². The zero-order valence-corrected chi connectivity index (χ0v) is 14.5. The zero-order chi connectivity index (χ0) is 15.6. The summed E-state index contributed by atoms with van der Waals surface area (Å²) in [7, 11) is 0. The van der Waals surface area contributed by atoms with E-state index in [1.165, 1.54) is 95.5 Å². The van der Waals surface area contributed by atoms with Crippen LogP contribution in [0, 0.1) is 0 Å². The highest BCUT2D eigenvalue weighted by Crippen LogP contribution is 2.14. The van der Waals surface area contributed by atoms with Crippen LogP contribution in [-0.2, 0) is 4.79 Å². The Morgan fingerprint density at radius 1 is 0.667 bits per heavy atom. The van der Waals surface area contributed by atoms with Crippen LogP contribution in [0.25, 0.3) is 0 Å². The highest BCUT2D eigenvalue weighted by Gasteiger charge is 1.94. The maximum absolute atomic E-state index is 10.2. The Balaban J connectivity index is 2.96. The summed E-state index contributed by atoms with van der Waals surface area (Å²) in [6.45, 7) is 6.08. The molecule has 0 N–H and O–H groups in total. The van der Waals surface area contributed by atoms with E-state index in [9.17, 15) is 4.79 Å². The minimum atomic E-state index is 0.757. The number of unbranched alkanes of at least 4 members (excludes halogenated alkanes) is 14. The van der Waals surface area contributed by atoms with Gasteiger partial charge in [0.25, 0.3) is 0 Å². The summed E-state index contributed by atoms with van der Waals surface area (Å²) in [5, 5.41) is 0. The molecule has 124 valence electrons. The van der Waals surface area contributed by atoms with Crippen LogP contribution in [0.5, 0.6) is 0 Å². The molecule has 0 heterocycles. The predicted octanol–water partition coefficient (Wildman–Crippen LogP) is 7.00. The molecular formula is C20H38O. The van der Waals surface area contributed by atoms with Crippen molar-refractivity contribution in [1.82, 2.24) is 0 Å². The Bertz CT molecular complexity index is 232. The number of hydrogen-bond acceptors (Lipinski definition) is 1. The van der Waals surface area contributed by atoms with Gasteiger partial charge in [0.1, 0.15) is 6.29 Å². The van der Waals surface area contributed by atoms with Crippen LogP contribution in [0.4, 0.5) is 0 Å². The van der Waals surface area contributed by atoms with Crippen molar-refractivity contribution >= 4 is 6.29 Å². The third-order valence-electron chi connectivity index (χ3n) is 4.18. The first kappa shape index (κ1) is 20.4. The van der Waals surface area contributed by atoms with Crippen LogP contribution >= 0.6 is 0 Å². The Hall–Kier alpha value is -0.590. The van der Waals surface area contributed by atoms with Crippen molar-refractivity contribution in [2.45, 2.75) is 110 Å². The first-order valence-electron chi connectivity index (χ1n) is 9.35. The Morgan fingerprint density at radius 3 is 1.33 bits per heavy atom. The Morgan fingerprint density at radius 2 is 1.00 bits per heavy atom. The summed E-state index contributed by atoms with van der Waals surface area (Å²) in [6.07, 6.45) is 22.1. The van der Waals surface area contributed by atoms with E-state index in [0.717, 1.165) is 19.1 Å². The van der Waals surface area contributed by atoms with Crippen LogP contribution in [-0.4, -0.2) is 6.29 Å². The van der Waals surface area contributed by atoms with E-state index in [1.807, 2.05) is 0 Å². The van der Waals surface area contributed by atoms with Crippen LogP contribution in [0.2, 0.25) is 0 Å². The molecule has 0 bridgehead atoms. The van der Waals surface area contributed by atoms with Gasteiger partial charge >= 0.3 is 0 Å². The van der Waals surface area contributed by atoms with Gasteiger partial charge in [-0.1, -0.05) is 82.6 Å². The lowest BCUT2D eigenvalue weighted by Crippen LogP contribution is -1.84. The van der Waals surface area contributed by atoms with Crippen molar-refractivity contribution in [3.8, 4) is 0 Å². The van der Waals surface area contributed by atoms with E-state index in [0.29, 0.717) is 0 Å². The summed E-state index contributed by atoms with van der Waals surface area (Å²) < 4.78 is 0. The van der Waals surface area contributed by atoms with Gasteiger partial charge in [-0.15, -0.1) is 6.58 Å². The molecular weight excluding hydrogens is 256 g/mol. The van der Waals surface area contributed by atoms with Gasteiger partial charge in [0.15, 0.2) is 0 Å². The van der Waals surface area contributed by atoms with Crippen molar-refractivity contribution in [3.05, 3.63) is 12.2 Å². The van der Waals surface area contributed by atoms with Crippen molar-refractivity contribution < 1.29 is 4.79 Å². The molecule has 0 aromatic heterocycles. The quantitative estimate of drug-likeness (QED) is 0.160. The molecule has 0 rings (SSSR count). The van der Waals surface area contributed by atoms with Gasteiger partial charge in [-0.3, -0.25) is 0 Å². The molecule has 0 amide bonds. The first-order chi connectivity index (χ1) is 10.3. The van der Waals surface area contributed by atoms with E-state index in [2.05, 4.69) is 13.5 Å². The molecule has 0 aliphatic carbocycles. The standard InChI is InChI=1S/C20H38O/c1-20(2)18-16-14-12-10-8-6-4-3-5-7-9-11-13-15-17-19-21/h19H,1,3-18H2,2H3. The smallest absolute Gasteiger partial charge is 0.119 e. The number of aldehydes is 1. The molecule has 0 fully saturated rings. The van der Waals surface area contributed by atoms with Crippen molar-refractivity contribution in [3.63, 3.8) is 0 Å². The lowest BCUT2D eigenvalue weighted by atomic mass is 10.0. The van der Waals surface area contributed by atoms with E-state index >= 15 is 0 Å². The normalized spacial score (nSPS) is 10.7. The summed E-state index contributed by atoms with van der Waals surface area (Å²) in [5.41, 5.74) is 1.33. The molecule has 1 nitrogen and oxygen atoms in total. The minimum Gasteiger partial charge on any atom is -0.303 e. The van der Waals surface area contributed by atoms with Crippen LogP contribution in [0.15, 0.2) is 12.2 Å². The topological polar surface area (TPSA) is 17.1 Å². The second-order valence-corrected chi connectivity index (χ2v) is 6.61. The Labute approximate surface area is 133 Å². The molecule has 0 saturated heterocycles. The van der Waals surface area contributed by atoms with Crippen LogP contribution in [0.1, 0.15) is 110 Å². The van der Waals surface area contributed by atoms with Gasteiger partial charge in [-0.25, -0.2) is 0 Å². The highest BCUT2D eigenvalue weighted by atomic mass is 16.1. The van der Waals surface area contributed by atoms with Gasteiger partial charge < -0.3 is 4.79 Å². The molecule has 1 heteroatoms. The number of hydrogen-bond donors (Lipinski definition) is 0. The summed E-state index contributed by atoms with van der Waals surface area (Å²) in [4.78, 5) is 10.2. The van der Waals surface area contributed by atoms with Crippen LogP contribution < -0.4 is 0 Å². The molecule has 0 aliphatic rings. The molecule has 0 aromatic carbocycles. The van der Waals surface area contributed by atoms with E-state index in [1.54, 1.807) is 0 Å². The lowest BCUT2D eigenvalue weighted by molar-refractivity contribution is -0.107. The summed E-state index contributed by atoms with van der Waals surface area (Å²) in [6, 6.07) is 0. The minimum absolute atomic E-state index is 0.757. The van der Waals surface area contributed by atoms with Crippen molar-refractivity contribution in [2.24, 2.45) is 0 Å². The zero-order valence-electron chi connectivity index (χ0n) is 14.5. The van der Waals surface area contributed by atoms with Crippen molar-refractivity contribution in [2.75, 3.05) is 0 Å². The van der Waals surface area contributed by atoms with E-state index in [-0.39, 0.29) is 0 Å². The van der Waals surface area contributed by atoms with E-state index in [4.69, 9.17) is 0 Å². The van der Waals surface area contributed by atoms with Crippen LogP contribution in [0.3, 0.4) is 0 Å². The van der Waals surface area contributed by atoms with Gasteiger partial charge in [-0.05, 0) is 26.2 Å². The number of carbonyl (C=O) groups excluding carboxylic acids is 1. The molecule has 0 aromatic rings. The average Bonchev–Trinajstić information content (AvgIpc) is 2.46. The fourth-order valence-corrected chi connectivity index (χ4v) is 2.78. The summed E-state index contributed by atoms with van der Waals surface area (Å²) in [5.74, 6) is 0. The second kappa shape index (κ2) is 17.5. The maximum Gasteiger partial charge on any atom is 0.119 e. The monoisotopic (exact) mass is 294 g/mol. The number of carbonyl (C=O) groups is 1. The Kier molecular flexibility index (Phi) is 17.0. The fraction of sp³-hybridized carbons (Fsp3) is 0.850. The number of rotatable bonds is 17. The predicted molar refractivity (Wildman–Crippen MR) is 94.8 cm³/mol. The molecule has 0 aliphatic heterocycles. The lowest BCUT2D eigenvalue weighted by Gasteiger charge is -2.03. The maximum atomic E-state index is 10.2. The second-order valence-electron chi connectivity index (χ2n) is 6.61. The molecule has 0 spiro atoms. The molecule has 0 atom stereocenters. The SMILES string of the molecule is C=C(C)CCCCCCCCCCCCCCCCC=O. The van der Waals surface area contributed by atoms with Gasteiger partial charge in [0.2, 0.25) is 0 Å². The average molecular weight is 295 g/mol. The molecule has 21 heavy (non-hydrogen) atoms. The fourth-order valence-electron chi connectivity index (χ4n) is 2.78. The van der Waals surface area contributed by atoms with E-state index < -0.39 is 0 Å². The third-order valence-corrected chi connectivity index (χ3v) is 4.18.